The van der Waals surface area contributed by atoms with Crippen molar-refractivity contribution in [2.24, 2.45) is 5.73 Å². The monoisotopic (exact) mass is 335 g/mol. The molecule has 0 saturated carbocycles. The molecule has 0 aliphatic heterocycles. The summed E-state index contributed by atoms with van der Waals surface area (Å²) in [5, 5.41) is 4.66. The summed E-state index contributed by atoms with van der Waals surface area (Å²) in [4.78, 5) is 0. The Morgan fingerprint density at radius 3 is 2.65 bits per heavy atom. The third-order valence-corrected chi connectivity index (χ3v) is 3.99. The first-order valence-corrected chi connectivity index (χ1v) is 7.90. The van der Waals surface area contributed by atoms with E-state index < -0.39 is 0 Å². The average Bonchev–Trinajstić information content (AvgIpc) is 2.88. The maximum atomic E-state index is 6.11. The first-order chi connectivity index (χ1) is 9.51. The van der Waals surface area contributed by atoms with Crippen LogP contribution in [0.4, 0.5) is 0 Å². The molecule has 3 nitrogen and oxygen atoms in total. The van der Waals surface area contributed by atoms with Crippen LogP contribution < -0.4 is 5.73 Å². The number of aromatic nitrogens is 2. The number of halogens is 1. The van der Waals surface area contributed by atoms with Gasteiger partial charge in [0, 0.05) is 16.7 Å². The molecular weight excluding hydrogens is 314 g/mol. The first kappa shape index (κ1) is 15.3. The van der Waals surface area contributed by atoms with Gasteiger partial charge < -0.3 is 5.73 Å². The predicted octanol–water partition coefficient (Wildman–Crippen LogP) is 4.04. The highest BCUT2D eigenvalue weighted by Crippen LogP contribution is 2.22. The van der Waals surface area contributed by atoms with Crippen molar-refractivity contribution in [3.05, 3.63) is 46.2 Å². The normalized spacial score (nSPS) is 12.9. The molecule has 2 aromatic rings. The van der Waals surface area contributed by atoms with E-state index in [1.807, 2.05) is 16.9 Å². The SMILES string of the molecule is CCC(N)Cc1cc(Br)ccc1-n1ccc(C(C)C)n1. The molecule has 0 saturated heterocycles. The average molecular weight is 336 g/mol. The largest absolute Gasteiger partial charge is 0.327 e. The van der Waals surface area contributed by atoms with Crippen LogP contribution in [0, 0.1) is 0 Å². The van der Waals surface area contributed by atoms with E-state index in [0.29, 0.717) is 5.92 Å². The van der Waals surface area contributed by atoms with E-state index in [9.17, 15) is 0 Å². The summed E-state index contributed by atoms with van der Waals surface area (Å²) >= 11 is 3.54. The molecule has 0 spiro atoms. The van der Waals surface area contributed by atoms with Crippen LogP contribution in [0.5, 0.6) is 0 Å². The maximum absolute atomic E-state index is 6.11. The second-order valence-corrected chi connectivity index (χ2v) is 6.40. The van der Waals surface area contributed by atoms with E-state index in [-0.39, 0.29) is 6.04 Å². The van der Waals surface area contributed by atoms with Gasteiger partial charge in [0.2, 0.25) is 0 Å². The van der Waals surface area contributed by atoms with Crippen molar-refractivity contribution in [1.29, 1.82) is 0 Å². The molecule has 0 aliphatic carbocycles. The standard InChI is InChI=1S/C16H22BrN3/c1-4-14(18)10-12-9-13(17)5-6-16(12)20-8-7-15(19-20)11(2)3/h5-9,11,14H,4,10,18H2,1-3H3. The molecule has 1 unspecified atom stereocenters. The highest BCUT2D eigenvalue weighted by atomic mass is 79.9. The van der Waals surface area contributed by atoms with Gasteiger partial charge in [-0.15, -0.1) is 0 Å². The van der Waals surface area contributed by atoms with Gasteiger partial charge in [-0.25, -0.2) is 4.68 Å². The Kier molecular flexibility index (Phi) is 5.00. The molecule has 1 aromatic heterocycles. The summed E-state index contributed by atoms with van der Waals surface area (Å²) < 4.78 is 3.04. The first-order valence-electron chi connectivity index (χ1n) is 7.11. The van der Waals surface area contributed by atoms with Crippen LogP contribution in [0.25, 0.3) is 5.69 Å². The molecule has 1 atom stereocenters. The van der Waals surface area contributed by atoms with Crippen molar-refractivity contribution in [3.8, 4) is 5.69 Å². The van der Waals surface area contributed by atoms with E-state index >= 15 is 0 Å². The van der Waals surface area contributed by atoms with Gasteiger partial charge >= 0.3 is 0 Å². The molecule has 0 bridgehead atoms. The minimum Gasteiger partial charge on any atom is -0.327 e. The number of hydrogen-bond donors (Lipinski definition) is 1. The number of nitrogens with two attached hydrogens (primary N) is 1. The van der Waals surface area contributed by atoms with Crippen LogP contribution in [0.3, 0.4) is 0 Å². The Hall–Kier alpha value is -1.13. The highest BCUT2D eigenvalue weighted by molar-refractivity contribution is 9.10. The molecule has 2 rings (SSSR count). The maximum Gasteiger partial charge on any atom is 0.0678 e. The lowest BCUT2D eigenvalue weighted by Crippen LogP contribution is -2.22. The zero-order valence-electron chi connectivity index (χ0n) is 12.3. The molecule has 0 amide bonds. The molecule has 20 heavy (non-hydrogen) atoms. The zero-order chi connectivity index (χ0) is 14.7. The van der Waals surface area contributed by atoms with Gasteiger partial charge in [-0.3, -0.25) is 0 Å². The summed E-state index contributed by atoms with van der Waals surface area (Å²) in [5.74, 6) is 0.438. The second-order valence-electron chi connectivity index (χ2n) is 5.49. The predicted molar refractivity (Wildman–Crippen MR) is 87.3 cm³/mol. The quantitative estimate of drug-likeness (QED) is 0.896. The van der Waals surface area contributed by atoms with Crippen molar-refractivity contribution in [1.82, 2.24) is 9.78 Å². The second kappa shape index (κ2) is 6.55. The van der Waals surface area contributed by atoms with E-state index in [1.165, 1.54) is 5.56 Å². The summed E-state index contributed by atoms with van der Waals surface area (Å²) in [6, 6.07) is 8.55. The van der Waals surface area contributed by atoms with Gasteiger partial charge in [0.25, 0.3) is 0 Å². The fraction of sp³-hybridized carbons (Fsp3) is 0.438. The molecule has 108 valence electrons. The van der Waals surface area contributed by atoms with E-state index in [2.05, 4.69) is 60.0 Å². The van der Waals surface area contributed by atoms with Gasteiger partial charge in [0.15, 0.2) is 0 Å². The van der Waals surface area contributed by atoms with Gasteiger partial charge in [-0.05, 0) is 48.6 Å². The molecule has 1 aromatic carbocycles. The van der Waals surface area contributed by atoms with Crippen LogP contribution in [0.2, 0.25) is 0 Å². The lowest BCUT2D eigenvalue weighted by molar-refractivity contribution is 0.641. The van der Waals surface area contributed by atoms with Crippen LogP contribution >= 0.6 is 15.9 Å². The number of nitrogens with zero attached hydrogens (tertiary/aromatic N) is 2. The van der Waals surface area contributed by atoms with Gasteiger partial charge in [-0.1, -0.05) is 36.7 Å². The molecule has 0 aliphatic rings. The molecule has 0 radical (unpaired) electrons. The fourth-order valence-corrected chi connectivity index (χ4v) is 2.56. The molecule has 1 heterocycles. The summed E-state index contributed by atoms with van der Waals surface area (Å²) in [6.07, 6.45) is 3.87. The van der Waals surface area contributed by atoms with Crippen molar-refractivity contribution in [3.63, 3.8) is 0 Å². The van der Waals surface area contributed by atoms with E-state index in [1.54, 1.807) is 0 Å². The smallest absolute Gasteiger partial charge is 0.0678 e. The Morgan fingerprint density at radius 1 is 1.30 bits per heavy atom. The Bertz CT molecular complexity index is 575. The topological polar surface area (TPSA) is 43.8 Å². The highest BCUT2D eigenvalue weighted by Gasteiger charge is 2.11. The minimum absolute atomic E-state index is 0.184. The number of benzene rings is 1. The lowest BCUT2D eigenvalue weighted by Gasteiger charge is -2.14. The van der Waals surface area contributed by atoms with Crippen molar-refractivity contribution >= 4 is 15.9 Å². The number of rotatable bonds is 5. The van der Waals surface area contributed by atoms with Gasteiger partial charge in [0.05, 0.1) is 11.4 Å². The molecule has 0 fully saturated rings. The third-order valence-electron chi connectivity index (χ3n) is 3.50. The Balaban J connectivity index is 2.38. The van der Waals surface area contributed by atoms with Crippen LogP contribution in [0.1, 0.15) is 44.4 Å². The van der Waals surface area contributed by atoms with E-state index in [4.69, 9.17) is 5.73 Å². The van der Waals surface area contributed by atoms with Crippen LogP contribution in [-0.4, -0.2) is 15.8 Å². The number of hydrogen-bond acceptors (Lipinski definition) is 2. The molecule has 2 N–H and O–H groups in total. The Labute approximate surface area is 129 Å². The van der Waals surface area contributed by atoms with E-state index in [0.717, 1.165) is 28.7 Å². The molecular formula is C16H22BrN3. The fourth-order valence-electron chi connectivity index (χ4n) is 2.15. The van der Waals surface area contributed by atoms with Crippen LogP contribution in [-0.2, 0) is 6.42 Å². The Morgan fingerprint density at radius 2 is 2.05 bits per heavy atom. The summed E-state index contributed by atoms with van der Waals surface area (Å²) in [5.41, 5.74) is 9.56. The summed E-state index contributed by atoms with van der Waals surface area (Å²) in [6.45, 7) is 6.43. The van der Waals surface area contributed by atoms with Gasteiger partial charge in [-0.2, -0.15) is 5.10 Å². The molecule has 4 heteroatoms. The van der Waals surface area contributed by atoms with Gasteiger partial charge in [0.1, 0.15) is 0 Å². The summed E-state index contributed by atoms with van der Waals surface area (Å²) in [7, 11) is 0. The van der Waals surface area contributed by atoms with Crippen molar-refractivity contribution < 1.29 is 0 Å². The van der Waals surface area contributed by atoms with Crippen LogP contribution in [0.15, 0.2) is 34.9 Å². The van der Waals surface area contributed by atoms with Crippen molar-refractivity contribution in [2.45, 2.75) is 45.6 Å². The van der Waals surface area contributed by atoms with Crippen molar-refractivity contribution in [2.75, 3.05) is 0 Å². The lowest BCUT2D eigenvalue weighted by atomic mass is 10.0. The minimum atomic E-state index is 0.184. The zero-order valence-corrected chi connectivity index (χ0v) is 13.9. The third kappa shape index (κ3) is 3.49.